The number of hydrogen-bond donors (Lipinski definition) is 1. The summed E-state index contributed by atoms with van der Waals surface area (Å²) in [5.74, 6) is 0.998. The molecule has 0 bridgehead atoms. The quantitative estimate of drug-likeness (QED) is 0.934. The van der Waals surface area contributed by atoms with Gasteiger partial charge in [0.2, 0.25) is 0 Å². The first kappa shape index (κ1) is 15.0. The summed E-state index contributed by atoms with van der Waals surface area (Å²) < 4.78 is 13.6. The summed E-state index contributed by atoms with van der Waals surface area (Å²) in [6.45, 7) is 2.23. The maximum atomic E-state index is 6.23. The molecule has 1 N–H and O–H groups in total. The van der Waals surface area contributed by atoms with Crippen LogP contribution in [-0.2, 0) is 24.8 Å². The lowest BCUT2D eigenvalue weighted by Crippen LogP contribution is -2.32. The predicted molar refractivity (Wildman–Crippen MR) is 87.8 cm³/mol. The van der Waals surface area contributed by atoms with E-state index in [0.29, 0.717) is 0 Å². The Balaban J connectivity index is 1.50. The van der Waals surface area contributed by atoms with E-state index >= 15 is 0 Å². The van der Waals surface area contributed by atoms with Crippen LogP contribution in [0.5, 0.6) is 5.75 Å². The lowest BCUT2D eigenvalue weighted by Gasteiger charge is -2.21. The average molecular weight is 334 g/mol. The van der Waals surface area contributed by atoms with E-state index in [1.54, 1.807) is 0 Å². The van der Waals surface area contributed by atoms with E-state index < -0.39 is 0 Å². The van der Waals surface area contributed by atoms with Crippen LogP contribution in [0.2, 0.25) is 5.02 Å². The molecule has 2 aliphatic rings. The van der Waals surface area contributed by atoms with E-state index in [2.05, 4.69) is 10.4 Å². The van der Waals surface area contributed by atoms with Crippen LogP contribution in [0.4, 0.5) is 0 Å². The number of aromatic nitrogens is 2. The Morgan fingerprint density at radius 3 is 3.13 bits per heavy atom. The second kappa shape index (κ2) is 6.15. The van der Waals surface area contributed by atoms with Crippen LogP contribution in [0.3, 0.4) is 0 Å². The third-order valence-corrected chi connectivity index (χ3v) is 4.84. The third kappa shape index (κ3) is 2.84. The average Bonchev–Trinajstić information content (AvgIpc) is 3.24. The molecule has 1 saturated heterocycles. The third-order valence-electron chi connectivity index (χ3n) is 4.62. The zero-order valence-corrected chi connectivity index (χ0v) is 13.8. The minimum absolute atomic E-state index is 0.0376. The molecule has 0 unspecified atom stereocenters. The van der Waals surface area contributed by atoms with Gasteiger partial charge in [0.05, 0.1) is 12.3 Å². The van der Waals surface area contributed by atoms with Gasteiger partial charge in [-0.3, -0.25) is 4.68 Å². The fourth-order valence-corrected chi connectivity index (χ4v) is 3.74. The predicted octanol–water partition coefficient (Wildman–Crippen LogP) is 2.63. The van der Waals surface area contributed by atoms with Crippen molar-refractivity contribution in [3.8, 4) is 5.75 Å². The van der Waals surface area contributed by atoms with Crippen LogP contribution in [0, 0.1) is 0 Å². The first-order valence-electron chi connectivity index (χ1n) is 7.99. The Morgan fingerprint density at radius 2 is 2.30 bits per heavy atom. The molecule has 0 radical (unpaired) electrons. The van der Waals surface area contributed by atoms with Crippen molar-refractivity contribution in [1.82, 2.24) is 15.1 Å². The van der Waals surface area contributed by atoms with Crippen LogP contribution >= 0.6 is 11.6 Å². The normalized spacial score (nSPS) is 23.0. The molecule has 1 aromatic heterocycles. The minimum atomic E-state index is 0.0376. The van der Waals surface area contributed by atoms with Crippen molar-refractivity contribution >= 4 is 11.6 Å². The van der Waals surface area contributed by atoms with Gasteiger partial charge in [-0.05, 0) is 30.2 Å². The molecule has 5 nitrogen and oxygen atoms in total. The summed E-state index contributed by atoms with van der Waals surface area (Å²) in [5.41, 5.74) is 3.44. The van der Waals surface area contributed by atoms with Crippen molar-refractivity contribution in [3.05, 3.63) is 46.2 Å². The van der Waals surface area contributed by atoms with E-state index in [0.717, 1.165) is 54.6 Å². The molecular weight excluding hydrogens is 314 g/mol. The molecule has 0 amide bonds. The van der Waals surface area contributed by atoms with Crippen LogP contribution in [0.15, 0.2) is 24.4 Å². The largest absolute Gasteiger partial charge is 0.493 e. The number of benzene rings is 1. The van der Waals surface area contributed by atoms with Crippen LogP contribution < -0.4 is 10.1 Å². The fourth-order valence-electron chi connectivity index (χ4n) is 3.47. The number of nitrogens with zero attached hydrogens (tertiary/aromatic N) is 2. The minimum Gasteiger partial charge on any atom is -0.493 e. The number of fused-ring (bicyclic) bond motifs is 1. The lowest BCUT2D eigenvalue weighted by atomic mass is 10.1. The Bertz CT molecular complexity index is 716. The molecule has 23 heavy (non-hydrogen) atoms. The number of rotatable bonds is 4. The summed E-state index contributed by atoms with van der Waals surface area (Å²) in [6, 6.07) is 6.28. The summed E-state index contributed by atoms with van der Waals surface area (Å²) >= 11 is 6.23. The molecule has 2 aliphatic heterocycles. The molecular formula is C17H20ClN3O2. The Labute approximate surface area is 140 Å². The second-order valence-corrected chi connectivity index (χ2v) is 6.54. The van der Waals surface area contributed by atoms with Gasteiger partial charge in [-0.15, -0.1) is 0 Å². The van der Waals surface area contributed by atoms with E-state index in [1.165, 1.54) is 5.56 Å². The summed E-state index contributed by atoms with van der Waals surface area (Å²) in [6.07, 6.45) is 3.77. The summed E-state index contributed by atoms with van der Waals surface area (Å²) in [4.78, 5) is 0. The highest BCUT2D eigenvalue weighted by Crippen LogP contribution is 2.34. The smallest absolute Gasteiger partial charge is 0.127 e. The maximum absolute atomic E-state index is 6.23. The van der Waals surface area contributed by atoms with Gasteiger partial charge in [0, 0.05) is 49.4 Å². The van der Waals surface area contributed by atoms with Gasteiger partial charge in [0.15, 0.2) is 0 Å². The molecule has 4 rings (SSSR count). The van der Waals surface area contributed by atoms with Crippen molar-refractivity contribution in [2.24, 2.45) is 7.05 Å². The molecule has 122 valence electrons. The highest BCUT2D eigenvalue weighted by molar-refractivity contribution is 6.30. The zero-order valence-electron chi connectivity index (χ0n) is 13.1. The van der Waals surface area contributed by atoms with Gasteiger partial charge in [-0.25, -0.2) is 0 Å². The highest BCUT2D eigenvalue weighted by atomic mass is 35.5. The fraction of sp³-hybridized carbons (Fsp3) is 0.471. The SMILES string of the molecule is Cn1nccc1[C@@H]1OCC[C@H]1NCc1cc(Cl)cc2c1OCC2. The molecule has 0 aliphatic carbocycles. The second-order valence-electron chi connectivity index (χ2n) is 6.10. The van der Waals surface area contributed by atoms with Gasteiger partial charge in [0.25, 0.3) is 0 Å². The van der Waals surface area contributed by atoms with Gasteiger partial charge in [-0.1, -0.05) is 11.6 Å². The van der Waals surface area contributed by atoms with E-state index in [4.69, 9.17) is 21.1 Å². The molecule has 1 aromatic carbocycles. The van der Waals surface area contributed by atoms with Crippen molar-refractivity contribution in [3.63, 3.8) is 0 Å². The zero-order chi connectivity index (χ0) is 15.8. The monoisotopic (exact) mass is 333 g/mol. The Kier molecular flexibility index (Phi) is 4.01. The maximum Gasteiger partial charge on any atom is 0.127 e. The van der Waals surface area contributed by atoms with Gasteiger partial charge in [0.1, 0.15) is 11.9 Å². The molecule has 2 aromatic rings. The van der Waals surface area contributed by atoms with Crippen LogP contribution in [-0.4, -0.2) is 29.0 Å². The van der Waals surface area contributed by atoms with Gasteiger partial charge < -0.3 is 14.8 Å². The first-order chi connectivity index (χ1) is 11.2. The summed E-state index contributed by atoms with van der Waals surface area (Å²) in [5, 5.41) is 8.63. The van der Waals surface area contributed by atoms with E-state index in [1.807, 2.05) is 36.1 Å². The number of ether oxygens (including phenoxy) is 2. The van der Waals surface area contributed by atoms with Crippen LogP contribution in [0.1, 0.15) is 29.3 Å². The standard InChI is InChI=1S/C17H20ClN3O2/c1-21-15(2-5-20-21)17-14(4-7-23-17)19-10-12-9-13(18)8-11-3-6-22-16(11)12/h2,5,8-9,14,17,19H,3-4,6-7,10H2,1H3/t14-,17-/m1/s1. The van der Waals surface area contributed by atoms with Crippen molar-refractivity contribution in [2.45, 2.75) is 31.5 Å². The molecule has 6 heteroatoms. The summed E-state index contributed by atoms with van der Waals surface area (Å²) in [7, 11) is 1.95. The van der Waals surface area contributed by atoms with Crippen LogP contribution in [0.25, 0.3) is 0 Å². The van der Waals surface area contributed by atoms with Crippen molar-refractivity contribution in [2.75, 3.05) is 13.2 Å². The molecule has 3 heterocycles. The van der Waals surface area contributed by atoms with Gasteiger partial charge >= 0.3 is 0 Å². The number of nitrogens with one attached hydrogen (secondary N) is 1. The van der Waals surface area contributed by atoms with Gasteiger partial charge in [-0.2, -0.15) is 5.10 Å². The first-order valence-corrected chi connectivity index (χ1v) is 8.37. The molecule has 1 fully saturated rings. The Morgan fingerprint density at radius 1 is 1.39 bits per heavy atom. The van der Waals surface area contributed by atoms with Crippen molar-refractivity contribution < 1.29 is 9.47 Å². The number of hydrogen-bond acceptors (Lipinski definition) is 4. The topological polar surface area (TPSA) is 48.3 Å². The van der Waals surface area contributed by atoms with Crippen molar-refractivity contribution in [1.29, 1.82) is 0 Å². The van der Waals surface area contributed by atoms with E-state index in [9.17, 15) is 0 Å². The molecule has 2 atom stereocenters. The molecule has 0 spiro atoms. The molecule has 0 saturated carbocycles. The lowest BCUT2D eigenvalue weighted by molar-refractivity contribution is 0.0919. The Hall–Kier alpha value is -1.56. The number of halogens is 1. The highest BCUT2D eigenvalue weighted by Gasteiger charge is 2.31. The number of aryl methyl sites for hydroxylation is 1. The van der Waals surface area contributed by atoms with E-state index in [-0.39, 0.29) is 12.1 Å².